The van der Waals surface area contributed by atoms with Gasteiger partial charge < -0.3 is 15.2 Å². The molecule has 1 aromatic rings. The monoisotopic (exact) mass is 343 g/mol. The number of fused-ring (bicyclic) bond motifs is 2. The van der Waals surface area contributed by atoms with E-state index in [9.17, 15) is 9.90 Å². The molecule has 1 saturated heterocycles. The molecule has 3 fully saturated rings. The van der Waals surface area contributed by atoms with Crippen molar-refractivity contribution in [3.8, 4) is 0 Å². The first-order chi connectivity index (χ1) is 12.2. The number of carbonyl (C=O) groups excluding carboxylic acids is 1. The molecule has 3 aliphatic rings. The second-order valence-corrected chi connectivity index (χ2v) is 8.09. The number of hydrogen-bond donors (Lipinski definition) is 2. The van der Waals surface area contributed by atoms with Crippen LogP contribution in [0.25, 0.3) is 0 Å². The zero-order valence-electron chi connectivity index (χ0n) is 14.8. The maximum atomic E-state index is 13.3. The van der Waals surface area contributed by atoms with E-state index in [0.29, 0.717) is 17.4 Å². The van der Waals surface area contributed by atoms with Crippen LogP contribution in [0.2, 0.25) is 0 Å². The highest BCUT2D eigenvalue weighted by atomic mass is 16.6. The van der Waals surface area contributed by atoms with Crippen molar-refractivity contribution in [3.05, 3.63) is 35.9 Å². The van der Waals surface area contributed by atoms with E-state index >= 15 is 0 Å². The van der Waals surface area contributed by atoms with Gasteiger partial charge in [0.05, 0.1) is 0 Å². The van der Waals surface area contributed by atoms with Gasteiger partial charge in [-0.3, -0.25) is 0 Å². The summed E-state index contributed by atoms with van der Waals surface area (Å²) in [5.74, 6) is 0.318. The first-order valence-electron chi connectivity index (χ1n) is 9.89. The fourth-order valence-corrected chi connectivity index (χ4v) is 5.21. The molecule has 1 aromatic carbocycles. The van der Waals surface area contributed by atoms with Crippen molar-refractivity contribution in [1.29, 1.82) is 0 Å². The quantitative estimate of drug-likeness (QED) is 0.825. The minimum Gasteiger partial charge on any atom is -0.459 e. The highest BCUT2D eigenvalue weighted by molar-refractivity contribution is 5.82. The third-order valence-corrected chi connectivity index (χ3v) is 6.61. The lowest BCUT2D eigenvalue weighted by Gasteiger charge is -2.43. The Kier molecular flexibility index (Phi) is 4.83. The average molecular weight is 343 g/mol. The molecule has 4 nitrogen and oxygen atoms in total. The fraction of sp³-hybridized carbons (Fsp3) is 0.667. The van der Waals surface area contributed by atoms with Crippen LogP contribution in [0.5, 0.6) is 0 Å². The third-order valence-electron chi connectivity index (χ3n) is 6.61. The Morgan fingerprint density at radius 3 is 2.28 bits per heavy atom. The van der Waals surface area contributed by atoms with E-state index in [4.69, 9.17) is 4.74 Å². The van der Waals surface area contributed by atoms with Crippen LogP contribution in [-0.2, 0) is 15.1 Å². The van der Waals surface area contributed by atoms with E-state index < -0.39 is 11.6 Å². The van der Waals surface area contributed by atoms with Crippen LogP contribution in [0.3, 0.4) is 0 Å². The van der Waals surface area contributed by atoms with Gasteiger partial charge in [-0.05, 0) is 31.2 Å². The first kappa shape index (κ1) is 17.0. The summed E-state index contributed by atoms with van der Waals surface area (Å²) >= 11 is 0. The number of hydrogen-bond acceptors (Lipinski definition) is 4. The largest absolute Gasteiger partial charge is 0.459 e. The summed E-state index contributed by atoms with van der Waals surface area (Å²) < 4.78 is 6.06. The number of rotatable bonds is 4. The number of esters is 1. The predicted octanol–water partition coefficient (Wildman–Crippen LogP) is 3.00. The zero-order chi connectivity index (χ0) is 17.3. The summed E-state index contributed by atoms with van der Waals surface area (Å²) in [7, 11) is 0. The van der Waals surface area contributed by atoms with Crippen LogP contribution in [0.1, 0.15) is 50.5 Å². The lowest BCUT2D eigenvalue weighted by atomic mass is 9.75. The van der Waals surface area contributed by atoms with Crippen molar-refractivity contribution in [2.45, 2.75) is 56.7 Å². The van der Waals surface area contributed by atoms with Crippen LogP contribution >= 0.6 is 0 Å². The summed E-state index contributed by atoms with van der Waals surface area (Å²) in [5, 5.41) is 15.0. The molecule has 0 amide bonds. The molecule has 0 aromatic heterocycles. The summed E-state index contributed by atoms with van der Waals surface area (Å²) in [6.07, 6.45) is 7.32. The molecule has 1 aliphatic heterocycles. The second kappa shape index (κ2) is 7.08. The molecule has 2 aliphatic carbocycles. The molecule has 2 N–H and O–H groups in total. The topological polar surface area (TPSA) is 58.6 Å². The van der Waals surface area contributed by atoms with Crippen molar-refractivity contribution in [3.63, 3.8) is 0 Å². The highest BCUT2D eigenvalue weighted by Gasteiger charge is 2.50. The Labute approximate surface area is 150 Å². The highest BCUT2D eigenvalue weighted by Crippen LogP contribution is 2.43. The molecule has 2 unspecified atom stereocenters. The molecule has 0 radical (unpaired) electrons. The Morgan fingerprint density at radius 1 is 1.00 bits per heavy atom. The normalized spacial score (nSPS) is 32.1. The summed E-state index contributed by atoms with van der Waals surface area (Å²) in [6, 6.07) is 9.43. The molecule has 1 heterocycles. The van der Waals surface area contributed by atoms with E-state index in [0.717, 1.165) is 51.6 Å². The summed E-state index contributed by atoms with van der Waals surface area (Å²) in [5.41, 5.74) is -0.817. The maximum Gasteiger partial charge on any atom is 0.343 e. The molecule has 2 saturated carbocycles. The van der Waals surface area contributed by atoms with Crippen LogP contribution in [0.15, 0.2) is 30.3 Å². The van der Waals surface area contributed by atoms with E-state index in [1.54, 1.807) is 0 Å². The van der Waals surface area contributed by atoms with Gasteiger partial charge >= 0.3 is 5.97 Å². The van der Waals surface area contributed by atoms with Crippen LogP contribution < -0.4 is 5.32 Å². The van der Waals surface area contributed by atoms with Gasteiger partial charge in [-0.2, -0.15) is 0 Å². The van der Waals surface area contributed by atoms with Gasteiger partial charge in [0.1, 0.15) is 6.10 Å². The number of nitrogens with one attached hydrogen (secondary N) is 1. The molecule has 4 rings (SSSR count). The molecule has 2 bridgehead atoms. The van der Waals surface area contributed by atoms with E-state index in [1.807, 2.05) is 30.3 Å². The third kappa shape index (κ3) is 3.11. The van der Waals surface area contributed by atoms with Crippen LogP contribution in [-0.4, -0.2) is 30.3 Å². The van der Waals surface area contributed by atoms with E-state index in [1.165, 1.54) is 6.42 Å². The van der Waals surface area contributed by atoms with Crippen molar-refractivity contribution in [1.82, 2.24) is 5.32 Å². The first-order valence-corrected chi connectivity index (χ1v) is 9.89. The number of aliphatic hydroxyl groups is 1. The Balaban J connectivity index is 1.60. The second-order valence-electron chi connectivity index (χ2n) is 8.09. The molecule has 4 atom stereocenters. The number of benzene rings is 1. The van der Waals surface area contributed by atoms with Crippen molar-refractivity contribution in [2.75, 3.05) is 13.1 Å². The standard InChI is InChI=1S/C21H29NO3/c23-20(25-19-15-7-6-8-16(19)14-22-13-15)21(24,18-11-4-5-12-18)17-9-2-1-3-10-17/h1-3,9-10,15-16,18-19,22,24H,4-8,11-14H2/t15-,16?,19?,21-/m0/s1. The summed E-state index contributed by atoms with van der Waals surface area (Å²) in [4.78, 5) is 13.3. The van der Waals surface area contributed by atoms with Crippen molar-refractivity contribution < 1.29 is 14.6 Å². The Morgan fingerprint density at radius 2 is 1.64 bits per heavy atom. The number of piperidine rings is 1. The Hall–Kier alpha value is -1.39. The van der Waals surface area contributed by atoms with Gasteiger partial charge in [-0.1, -0.05) is 49.6 Å². The maximum absolute atomic E-state index is 13.3. The van der Waals surface area contributed by atoms with Crippen molar-refractivity contribution >= 4 is 5.97 Å². The van der Waals surface area contributed by atoms with Crippen LogP contribution in [0, 0.1) is 17.8 Å². The van der Waals surface area contributed by atoms with E-state index in [-0.39, 0.29) is 12.0 Å². The van der Waals surface area contributed by atoms with E-state index in [2.05, 4.69) is 5.32 Å². The molecular weight excluding hydrogens is 314 g/mol. The van der Waals surface area contributed by atoms with Crippen molar-refractivity contribution in [2.24, 2.45) is 17.8 Å². The number of carbonyl (C=O) groups is 1. The molecule has 25 heavy (non-hydrogen) atoms. The van der Waals surface area contributed by atoms with Crippen LogP contribution in [0.4, 0.5) is 0 Å². The van der Waals surface area contributed by atoms with Gasteiger partial charge in [0.25, 0.3) is 0 Å². The van der Waals surface area contributed by atoms with Gasteiger partial charge in [0.2, 0.25) is 0 Å². The lowest BCUT2D eigenvalue weighted by Crippen LogP contribution is -2.54. The minimum absolute atomic E-state index is 0.0380. The minimum atomic E-state index is -1.50. The van der Waals surface area contributed by atoms with Gasteiger partial charge in [0.15, 0.2) is 5.60 Å². The number of ether oxygens (including phenoxy) is 1. The fourth-order valence-electron chi connectivity index (χ4n) is 5.21. The predicted molar refractivity (Wildman–Crippen MR) is 95.9 cm³/mol. The van der Waals surface area contributed by atoms with Gasteiger partial charge in [-0.25, -0.2) is 4.79 Å². The van der Waals surface area contributed by atoms with Gasteiger partial charge in [-0.15, -0.1) is 0 Å². The average Bonchev–Trinajstić information content (AvgIpc) is 3.16. The smallest absolute Gasteiger partial charge is 0.343 e. The molecule has 0 spiro atoms. The SMILES string of the molecule is O=C(OC1C2CCC[C@H]1CNC2)[C@](O)(c1ccccc1)C1CCCC1. The zero-order valence-corrected chi connectivity index (χ0v) is 14.8. The Bertz CT molecular complexity index is 576. The van der Waals surface area contributed by atoms with Gasteiger partial charge in [0, 0.05) is 30.8 Å². The molecule has 136 valence electrons. The molecule has 4 heteroatoms. The summed E-state index contributed by atoms with van der Waals surface area (Å²) in [6.45, 7) is 1.84. The lowest BCUT2D eigenvalue weighted by molar-refractivity contribution is -0.188. The molecular formula is C21H29NO3.